The summed E-state index contributed by atoms with van der Waals surface area (Å²) in [6, 6.07) is 20.1. The van der Waals surface area contributed by atoms with Crippen molar-refractivity contribution >= 4 is 55.8 Å². The number of halogens is 6. The summed E-state index contributed by atoms with van der Waals surface area (Å²) in [5.74, 6) is -6.01. The predicted molar refractivity (Wildman–Crippen MR) is 336 cm³/mol. The minimum Gasteiger partial charge on any atom is -0.357 e. The summed E-state index contributed by atoms with van der Waals surface area (Å²) < 4.78 is 128. The van der Waals surface area contributed by atoms with E-state index in [1.165, 1.54) is 218 Å². The Hall–Kier alpha value is -1.05. The molecule has 0 saturated heterocycles. The zero-order valence-corrected chi connectivity index (χ0v) is 63.6. The van der Waals surface area contributed by atoms with E-state index < -0.39 is 24.3 Å². The van der Waals surface area contributed by atoms with E-state index in [0.717, 1.165) is 58.5 Å². The Balaban J connectivity index is 0. The first-order chi connectivity index (χ1) is 44.7. The van der Waals surface area contributed by atoms with E-state index >= 15 is 0 Å². The Morgan fingerprint density at radius 2 is 0.562 bits per heavy atom. The Morgan fingerprint density at radius 3 is 0.750 bits per heavy atom. The number of carboxylic acid groups (broad SMARTS) is 2. The van der Waals surface area contributed by atoms with Gasteiger partial charge in [-0.1, -0.05) is 139 Å². The largest absolute Gasteiger partial charge is 0.357 e. The molecule has 0 N–H and O–H groups in total. The van der Waals surface area contributed by atoms with Gasteiger partial charge in [0.05, 0.1) is 25.3 Å². The van der Waals surface area contributed by atoms with E-state index in [-0.39, 0.29) is 106 Å². The summed E-state index contributed by atoms with van der Waals surface area (Å²) in [5.41, 5.74) is 14.0. The molecule has 14 nitrogen and oxygen atoms in total. The van der Waals surface area contributed by atoms with Gasteiger partial charge in [0.1, 0.15) is 11.9 Å². The Kier molecular flexibility index (Phi) is 54.3. The van der Waals surface area contributed by atoms with Crippen LogP contribution in [0.5, 0.6) is 0 Å². The van der Waals surface area contributed by atoms with Crippen LogP contribution in [0, 0.1) is 39.9 Å². The van der Waals surface area contributed by atoms with Gasteiger partial charge >= 0.3 is 80.2 Å². The zero-order chi connectivity index (χ0) is 68.2. The first-order valence-corrected chi connectivity index (χ1v) is 38.2. The number of fused-ring (bicyclic) bond motifs is 2. The van der Waals surface area contributed by atoms with Crippen LogP contribution in [0.1, 0.15) is 217 Å². The number of alkyl halides is 6. The first kappa shape index (κ1) is 97.0. The average Bonchev–Trinajstić information content (AvgIpc) is 1.62. The molecule has 2 radical (unpaired) electrons. The zero-order valence-electron chi connectivity index (χ0n) is 54.2. The van der Waals surface area contributed by atoms with Crippen molar-refractivity contribution in [2.24, 2.45) is 0 Å². The van der Waals surface area contributed by atoms with Gasteiger partial charge in [-0.2, -0.15) is 26.3 Å². The van der Waals surface area contributed by atoms with Crippen LogP contribution >= 0.6 is 32.4 Å². The van der Waals surface area contributed by atoms with E-state index in [9.17, 15) is 26.3 Å². The Bertz CT molecular complexity index is 2290. The van der Waals surface area contributed by atoms with E-state index in [1.54, 1.807) is 22.5 Å². The number of carbonyl (C=O) groups excluding carboxylic acids is 2. The summed E-state index contributed by atoms with van der Waals surface area (Å²) in [6.45, 7) is 29.0. The van der Waals surface area contributed by atoms with Gasteiger partial charge in [-0.25, -0.2) is 0 Å². The van der Waals surface area contributed by atoms with E-state index in [1.807, 2.05) is 0 Å². The molecule has 96 heavy (non-hydrogen) atoms. The summed E-state index contributed by atoms with van der Waals surface area (Å²) >= 11 is 0. The summed E-state index contributed by atoms with van der Waals surface area (Å²) in [5, 5.41) is 17.6. The molecule has 2 heterocycles. The van der Waals surface area contributed by atoms with Crippen molar-refractivity contribution in [3.8, 4) is 0 Å². The molecular formula is C68H90Cr2F6N2O12P4Rh2-2. The average molecular weight is 1680 g/mol. The van der Waals surface area contributed by atoms with Gasteiger partial charge in [0, 0.05) is 124 Å². The van der Waals surface area contributed by atoms with Crippen molar-refractivity contribution in [1.82, 2.24) is 0 Å². The minimum atomic E-state index is -5.19. The normalized spacial score (nSPS) is 20.8. The third-order valence-corrected chi connectivity index (χ3v) is 32.4. The maximum atomic E-state index is 10.5. The van der Waals surface area contributed by atoms with E-state index in [4.69, 9.17) is 56.8 Å². The maximum Gasteiger partial charge on any atom is 0.0719 e. The number of para-hydroxylation sites is 2. The van der Waals surface area contributed by atoms with Crippen molar-refractivity contribution < 1.29 is 157 Å². The number of hydrogen-bond acceptors (Lipinski definition) is 8. The summed E-state index contributed by atoms with van der Waals surface area (Å²) in [6.07, 6.45) is 39.0. The first-order valence-electron chi connectivity index (χ1n) is 32.6. The van der Waals surface area contributed by atoms with Gasteiger partial charge < -0.3 is 38.2 Å². The number of nitrogens with zero attached hydrogens (tertiary/aromatic N) is 2. The molecule has 0 amide bonds. The smallest absolute Gasteiger partial charge is 0.0719 e. The minimum absolute atomic E-state index is 0. The predicted octanol–water partition coefficient (Wildman–Crippen LogP) is 16.4. The maximum absolute atomic E-state index is 10.5. The number of anilines is 2. The van der Waals surface area contributed by atoms with Crippen LogP contribution in [-0.2, 0) is 133 Å². The molecule has 0 unspecified atom stereocenters. The van der Waals surface area contributed by atoms with Gasteiger partial charge in [0.15, 0.2) is 0 Å². The molecule has 0 bridgehead atoms. The van der Waals surface area contributed by atoms with E-state index in [0.29, 0.717) is 12.1 Å². The second-order valence-electron chi connectivity index (χ2n) is 24.8. The Labute approximate surface area is 618 Å². The number of aliphatic carboxylic acids is 2. The molecule has 2 aromatic rings. The number of carboxylic acids is 2. The van der Waals surface area contributed by atoms with Crippen LogP contribution in [0.4, 0.5) is 37.7 Å². The number of rotatable bonds is 16. The Morgan fingerprint density at radius 1 is 0.385 bits per heavy atom. The molecule has 0 aromatic heterocycles. The fraction of sp³-hybridized carbons (Fsp3) is 0.706. The molecule has 10 aliphatic rings. The SMILES string of the molecule is O=C([O-])C(F)(F)F.O=C([O-])C(F)(F)F.[C-]#[O+].[C-]#[O+].[C-]#[O+].[C-]#[O+].[C-]#[O+].[C-]#[O+].[Cr].[Cr].[Rh].[Rh].c1ccc2c(c1)C[C@@H](COP(C1CCCC1)C1CCCC1)N2P(C1CCCC1)C1CCCC1.c1ccc2c(c1)C[C@@H](COP(C1CCCC1)C1CCCC1)N2P(C1CCCC1)C1CCCC1. The number of carbonyl (C=O) groups is 2. The van der Waals surface area contributed by atoms with Gasteiger partial charge in [0.25, 0.3) is 0 Å². The molecule has 2 aliphatic heterocycles. The van der Waals surface area contributed by atoms with Crippen LogP contribution in [0.25, 0.3) is 0 Å². The molecule has 28 heteroatoms. The summed E-state index contributed by atoms with van der Waals surface area (Å²) in [7, 11) is -0.628. The molecule has 12 rings (SSSR count). The van der Waals surface area contributed by atoms with Crippen LogP contribution in [0.15, 0.2) is 48.5 Å². The molecule has 2 aromatic carbocycles. The van der Waals surface area contributed by atoms with Crippen molar-refractivity contribution in [3.05, 3.63) is 99.6 Å². The molecule has 538 valence electrons. The topological polar surface area (TPSA) is 225 Å². The summed E-state index contributed by atoms with van der Waals surface area (Å²) in [4.78, 5) is 17.6. The van der Waals surface area contributed by atoms with Crippen molar-refractivity contribution in [2.75, 3.05) is 22.6 Å². The van der Waals surface area contributed by atoms with Gasteiger partial charge in [-0.05, 0) is 178 Å². The van der Waals surface area contributed by atoms with Crippen LogP contribution in [0.3, 0.4) is 0 Å². The molecule has 8 saturated carbocycles. The number of benzene rings is 2. The monoisotopic (exact) mass is 1670 g/mol. The molecule has 8 fully saturated rings. The molecule has 0 spiro atoms. The number of hydrogen-bond donors (Lipinski definition) is 0. The van der Waals surface area contributed by atoms with E-state index in [2.05, 4.69) is 97.8 Å². The van der Waals surface area contributed by atoms with Gasteiger partial charge in [-0.3, -0.25) is 0 Å². The van der Waals surface area contributed by atoms with Crippen LogP contribution < -0.4 is 19.6 Å². The van der Waals surface area contributed by atoms with Crippen molar-refractivity contribution in [3.63, 3.8) is 0 Å². The third-order valence-electron chi connectivity index (χ3n) is 19.4. The van der Waals surface area contributed by atoms with Crippen molar-refractivity contribution in [1.29, 1.82) is 0 Å². The standard InChI is InChI=1S/2C29H45NOP2.2C2HF3O2.6CO.2Cr.2Rh/c2*1-10-20-29-23(11-1)21-24(22-31-33(27-16-6-7-17-27)28-18-8-9-19-28)30(29)32(25-12-2-3-13-25)26-14-4-5-15-26;2*3-2(4,5)1(6)7;6*1-2;;;;/h2*1,10-11,20,24-28H,2-9,12-19,21-22H2;2*(H,6,7);;;;;;;;;;/p-2/t2*24-;;;;;;;;;;;;/m00............/s1. The quantitative estimate of drug-likeness (QED) is 0.0515. The fourth-order valence-electron chi connectivity index (χ4n) is 15.7. The van der Waals surface area contributed by atoms with Gasteiger partial charge in [-0.15, -0.1) is 0 Å². The van der Waals surface area contributed by atoms with Crippen molar-refractivity contribution in [2.45, 2.75) is 288 Å². The van der Waals surface area contributed by atoms with Crippen LogP contribution in [-0.4, -0.2) is 94.9 Å². The van der Waals surface area contributed by atoms with Gasteiger partial charge in [0.2, 0.25) is 0 Å². The molecule has 2 atom stereocenters. The third kappa shape index (κ3) is 29.6. The second-order valence-corrected chi connectivity index (χ2v) is 35.0. The fourth-order valence-corrected chi connectivity index (χ4v) is 30.1. The van der Waals surface area contributed by atoms with Crippen LogP contribution in [0.2, 0.25) is 0 Å². The second kappa shape index (κ2) is 53.7. The molecular weight excluding hydrogens is 1580 g/mol. The molecule has 8 aliphatic carbocycles.